The van der Waals surface area contributed by atoms with Crippen molar-refractivity contribution in [1.29, 1.82) is 0 Å². The van der Waals surface area contributed by atoms with E-state index in [1.165, 1.54) is 5.56 Å². The molecule has 1 aliphatic rings. The molecule has 0 bridgehead atoms. The maximum absolute atomic E-state index is 11.7. The molecule has 1 unspecified atom stereocenters. The van der Waals surface area contributed by atoms with Crippen molar-refractivity contribution in [2.45, 2.75) is 12.5 Å². The Bertz CT molecular complexity index is 411. The summed E-state index contributed by atoms with van der Waals surface area (Å²) in [4.78, 5) is 13.5. The van der Waals surface area contributed by atoms with E-state index in [2.05, 4.69) is 20.8 Å². The molecule has 1 amide bonds. The molecule has 0 spiro atoms. The van der Waals surface area contributed by atoms with Crippen molar-refractivity contribution in [2.24, 2.45) is 0 Å². The van der Waals surface area contributed by atoms with E-state index >= 15 is 0 Å². The van der Waals surface area contributed by atoms with Crippen molar-refractivity contribution in [3.05, 3.63) is 29.8 Å². The van der Waals surface area contributed by atoms with Crippen LogP contribution >= 0.6 is 0 Å². The highest BCUT2D eigenvalue weighted by atomic mass is 27.1. The SMILES string of the molecule is CN(C(=O)C[NH][Al])C1COc2ccccc2C1. The Morgan fingerprint density at radius 3 is 3.12 bits per heavy atom. The summed E-state index contributed by atoms with van der Waals surface area (Å²) in [6.45, 7) is 0.898. The Balaban J connectivity index is 2.04. The van der Waals surface area contributed by atoms with Gasteiger partial charge in [0.1, 0.15) is 12.4 Å². The second kappa shape index (κ2) is 5.55. The fraction of sp³-hybridized carbons (Fsp3) is 0.417. The van der Waals surface area contributed by atoms with Crippen LogP contribution in [0.1, 0.15) is 5.56 Å². The summed E-state index contributed by atoms with van der Waals surface area (Å²) in [6, 6.07) is 8.10. The first kappa shape index (κ1) is 12.4. The monoisotopic (exact) mass is 246 g/mol. The number of nitrogens with zero attached hydrogens (tertiary/aromatic N) is 1. The third-order valence-corrected chi connectivity index (χ3v) is 3.26. The molecule has 1 atom stereocenters. The number of fused-ring (bicyclic) bond motifs is 1. The molecule has 0 fully saturated rings. The molecular weight excluding hydrogens is 231 g/mol. The van der Waals surface area contributed by atoms with Crippen molar-refractivity contribution in [3.63, 3.8) is 0 Å². The largest absolute Gasteiger partial charge is 0.491 e. The van der Waals surface area contributed by atoms with Gasteiger partial charge in [-0.1, -0.05) is 18.2 Å². The number of likely N-dealkylation sites (N-methyl/N-ethyl adjacent to an activating group) is 1. The van der Waals surface area contributed by atoms with Crippen molar-refractivity contribution < 1.29 is 9.53 Å². The maximum Gasteiger partial charge on any atom is 0.252 e. The van der Waals surface area contributed by atoms with Crippen LogP contribution in [0.25, 0.3) is 0 Å². The van der Waals surface area contributed by atoms with Gasteiger partial charge in [-0.2, -0.15) is 0 Å². The van der Waals surface area contributed by atoms with Gasteiger partial charge in [-0.25, -0.2) is 0 Å². The fourth-order valence-corrected chi connectivity index (χ4v) is 2.15. The highest BCUT2D eigenvalue weighted by Crippen LogP contribution is 2.25. The predicted octanol–water partition coefficient (Wildman–Crippen LogP) is 0.122. The lowest BCUT2D eigenvalue weighted by atomic mass is 10.0. The molecule has 1 aliphatic heterocycles. The van der Waals surface area contributed by atoms with Crippen LogP contribution in [-0.4, -0.2) is 53.6 Å². The number of ether oxygens (including phenoxy) is 1. The van der Waals surface area contributed by atoms with Gasteiger partial charge in [0.25, 0.3) is 16.5 Å². The molecule has 1 aromatic carbocycles. The van der Waals surface area contributed by atoms with Gasteiger partial charge in [0.15, 0.2) is 0 Å². The van der Waals surface area contributed by atoms with E-state index in [9.17, 15) is 4.79 Å². The van der Waals surface area contributed by atoms with Crippen LogP contribution in [0, 0.1) is 0 Å². The highest BCUT2D eigenvalue weighted by Gasteiger charge is 2.25. The second-order valence-corrected chi connectivity index (χ2v) is 4.57. The van der Waals surface area contributed by atoms with Crippen LogP contribution in [0.5, 0.6) is 5.75 Å². The number of carbonyl (C=O) groups excluding carboxylic acids is 1. The minimum Gasteiger partial charge on any atom is -0.491 e. The number of amides is 1. The number of hydrogen-bond acceptors (Lipinski definition) is 3. The Morgan fingerprint density at radius 2 is 2.35 bits per heavy atom. The third-order valence-electron chi connectivity index (χ3n) is 3.05. The molecule has 0 saturated heterocycles. The lowest BCUT2D eigenvalue weighted by molar-refractivity contribution is -0.131. The minimum absolute atomic E-state index is 0.0768. The van der Waals surface area contributed by atoms with Gasteiger partial charge in [-0.05, 0) is 18.1 Å². The average molecular weight is 246 g/mol. The first-order chi connectivity index (χ1) is 8.22. The summed E-state index contributed by atoms with van der Waals surface area (Å²) in [7, 11) is 1.83. The molecular formula is C12H15AlN2O2. The number of carbonyl (C=O) groups is 1. The van der Waals surface area contributed by atoms with Crippen LogP contribution in [-0.2, 0) is 11.2 Å². The molecule has 0 aromatic heterocycles. The van der Waals surface area contributed by atoms with Gasteiger partial charge >= 0.3 is 0 Å². The number of para-hydroxylation sites is 1. The zero-order valence-corrected chi connectivity index (χ0v) is 11.0. The Labute approximate surface area is 110 Å². The summed E-state index contributed by atoms with van der Waals surface area (Å²) >= 11 is 2.34. The molecule has 17 heavy (non-hydrogen) atoms. The van der Waals surface area contributed by atoms with Crippen molar-refractivity contribution >= 4 is 22.4 Å². The smallest absolute Gasteiger partial charge is 0.252 e. The second-order valence-electron chi connectivity index (χ2n) is 4.16. The summed E-state index contributed by atoms with van der Waals surface area (Å²) in [5.74, 6) is 1.02. The van der Waals surface area contributed by atoms with Crippen LogP contribution in [0.15, 0.2) is 24.3 Å². The number of nitrogens with one attached hydrogen (secondary N) is 1. The third kappa shape index (κ3) is 2.81. The van der Waals surface area contributed by atoms with Gasteiger partial charge in [-0.3, -0.25) is 4.79 Å². The van der Waals surface area contributed by atoms with Crippen LogP contribution < -0.4 is 9.04 Å². The van der Waals surface area contributed by atoms with Gasteiger partial charge in [0.05, 0.1) is 12.6 Å². The Morgan fingerprint density at radius 1 is 1.59 bits per heavy atom. The fourth-order valence-electron chi connectivity index (χ4n) is 1.98. The van der Waals surface area contributed by atoms with Crippen molar-refractivity contribution in [2.75, 3.05) is 20.2 Å². The Hall–Kier alpha value is -1.02. The molecule has 1 heterocycles. The highest BCUT2D eigenvalue weighted by molar-refractivity contribution is 6.06. The first-order valence-corrected chi connectivity index (χ1v) is 6.20. The number of rotatable bonds is 3. The molecule has 0 aliphatic carbocycles. The van der Waals surface area contributed by atoms with Crippen molar-refractivity contribution in [1.82, 2.24) is 9.20 Å². The Kier molecular flexibility index (Phi) is 4.06. The normalized spacial score (nSPS) is 18.1. The summed E-state index contributed by atoms with van der Waals surface area (Å²) in [5, 5.41) is 0. The summed E-state index contributed by atoms with van der Waals surface area (Å²) < 4.78 is 8.46. The van der Waals surface area contributed by atoms with Gasteiger partial charge < -0.3 is 13.9 Å². The van der Waals surface area contributed by atoms with Crippen LogP contribution in [0.4, 0.5) is 0 Å². The maximum atomic E-state index is 11.7. The summed E-state index contributed by atoms with van der Waals surface area (Å²) in [6.07, 6.45) is 0.856. The van der Waals surface area contributed by atoms with E-state index in [1.54, 1.807) is 4.90 Å². The standard InChI is InChI=1S/C12H15N2O2.Al/c1-14(12(15)7-13)10-6-9-4-2-3-5-11(9)16-8-10;/h2-5,10,13H,6-8H2,1H3;/q-1;+1. The van der Waals surface area contributed by atoms with E-state index in [-0.39, 0.29) is 11.9 Å². The van der Waals surface area contributed by atoms with Gasteiger partial charge in [0.2, 0.25) is 5.91 Å². The van der Waals surface area contributed by atoms with Gasteiger partial charge in [-0.15, -0.1) is 0 Å². The minimum atomic E-state index is 0.0768. The lowest BCUT2D eigenvalue weighted by Crippen LogP contribution is -2.46. The molecule has 5 heteroatoms. The zero-order chi connectivity index (χ0) is 12.3. The summed E-state index contributed by atoms with van der Waals surface area (Å²) in [5.41, 5.74) is 1.17. The van der Waals surface area contributed by atoms with E-state index in [1.807, 2.05) is 31.3 Å². The van der Waals surface area contributed by atoms with Crippen LogP contribution in [0.2, 0.25) is 0 Å². The molecule has 2 rings (SSSR count). The number of hydrogen-bond donors (Lipinski definition) is 1. The zero-order valence-electron chi connectivity index (χ0n) is 9.85. The van der Waals surface area contributed by atoms with E-state index < -0.39 is 0 Å². The predicted molar refractivity (Wildman–Crippen MR) is 66.0 cm³/mol. The molecule has 1 N–H and O–H groups in total. The van der Waals surface area contributed by atoms with E-state index in [0.29, 0.717) is 13.2 Å². The van der Waals surface area contributed by atoms with E-state index in [0.717, 1.165) is 12.2 Å². The number of benzene rings is 1. The van der Waals surface area contributed by atoms with Crippen LogP contribution in [0.3, 0.4) is 0 Å². The molecule has 0 saturated carbocycles. The topological polar surface area (TPSA) is 41.6 Å². The quantitative estimate of drug-likeness (QED) is 0.770. The molecule has 4 nitrogen and oxygen atoms in total. The molecule has 88 valence electrons. The van der Waals surface area contributed by atoms with Crippen molar-refractivity contribution in [3.8, 4) is 5.75 Å². The van der Waals surface area contributed by atoms with E-state index in [4.69, 9.17) is 4.74 Å². The molecule has 1 aromatic rings. The first-order valence-electron chi connectivity index (χ1n) is 5.62. The van der Waals surface area contributed by atoms with Gasteiger partial charge in [0, 0.05) is 7.05 Å². The lowest BCUT2D eigenvalue weighted by Gasteiger charge is -2.32. The molecule has 2 radical (unpaired) electrons. The average Bonchev–Trinajstić information content (AvgIpc) is 2.37.